The molecule has 0 spiro atoms. The highest BCUT2D eigenvalue weighted by atomic mass is 35.5. The van der Waals surface area contributed by atoms with Crippen LogP contribution in [0.15, 0.2) is 78.4 Å². The summed E-state index contributed by atoms with van der Waals surface area (Å²) < 4.78 is 28.6. The fourth-order valence-corrected chi connectivity index (χ4v) is 7.77. The minimum absolute atomic E-state index is 0.0690. The monoisotopic (exact) mass is 603 g/mol. The standard InChI is InChI=1S/C32H24ClF2N3O5/c33-17-4-2-16(3-5-17)32-23(30(42)38(31(32)43)37-19-8-6-18(34)7-9-19)14-22-20(10-11-21-26(22)29(41)36-28(21)40)27(32)15-1-12-25(39)24(35)13-15/h1-10,12-13,21-23,26-27,37,39H,11,14H2,(H,36,40,41). The maximum absolute atomic E-state index is 15.0. The third kappa shape index (κ3) is 3.92. The Kier molecular flexibility index (Phi) is 6.18. The third-order valence-electron chi connectivity index (χ3n) is 9.40. The number of fused-ring (bicyclic) bond motifs is 4. The fraction of sp³-hybridized carbons (Fsp3) is 0.250. The van der Waals surface area contributed by atoms with Gasteiger partial charge in [0.25, 0.3) is 11.8 Å². The Morgan fingerprint density at radius 1 is 0.930 bits per heavy atom. The van der Waals surface area contributed by atoms with Crippen molar-refractivity contribution in [2.24, 2.45) is 23.7 Å². The number of anilines is 1. The first-order chi connectivity index (χ1) is 20.6. The Bertz CT molecular complexity index is 1740. The summed E-state index contributed by atoms with van der Waals surface area (Å²) in [7, 11) is 0. The van der Waals surface area contributed by atoms with E-state index in [0.717, 1.165) is 11.1 Å². The Balaban J connectivity index is 1.47. The number of hydrogen-bond donors (Lipinski definition) is 3. The number of nitrogens with zero attached hydrogens (tertiary/aromatic N) is 1. The van der Waals surface area contributed by atoms with Crippen LogP contribution >= 0.6 is 11.6 Å². The van der Waals surface area contributed by atoms with Gasteiger partial charge in [0, 0.05) is 10.9 Å². The molecule has 0 aromatic heterocycles. The van der Waals surface area contributed by atoms with Crippen molar-refractivity contribution in [2.75, 3.05) is 5.43 Å². The van der Waals surface area contributed by atoms with Crippen molar-refractivity contribution < 1.29 is 33.1 Å². The first kappa shape index (κ1) is 27.3. The van der Waals surface area contributed by atoms with E-state index in [9.17, 15) is 33.1 Å². The van der Waals surface area contributed by atoms with Crippen molar-refractivity contribution >= 4 is 40.9 Å². The largest absolute Gasteiger partial charge is 0.505 e. The van der Waals surface area contributed by atoms with Gasteiger partial charge in [0.15, 0.2) is 11.6 Å². The Morgan fingerprint density at radius 2 is 1.65 bits per heavy atom. The smallest absolute Gasteiger partial charge is 0.260 e. The van der Waals surface area contributed by atoms with Crippen LogP contribution in [0.25, 0.3) is 0 Å². The molecule has 0 bridgehead atoms. The number of aromatic hydroxyl groups is 1. The minimum atomic E-state index is -1.62. The zero-order chi connectivity index (χ0) is 30.2. The van der Waals surface area contributed by atoms with E-state index < -0.39 is 70.1 Å². The molecular formula is C32H24ClF2N3O5. The Hall–Kier alpha value is -4.57. The van der Waals surface area contributed by atoms with Gasteiger partial charge in [-0.25, -0.2) is 8.78 Å². The molecule has 11 heteroatoms. The molecule has 2 aliphatic carbocycles. The van der Waals surface area contributed by atoms with E-state index in [-0.39, 0.29) is 24.4 Å². The number of allylic oxidation sites excluding steroid dienone is 2. The number of rotatable bonds is 4. The summed E-state index contributed by atoms with van der Waals surface area (Å²) in [6, 6.07) is 15.5. The normalized spacial score (nSPS) is 29.5. The van der Waals surface area contributed by atoms with Crippen LogP contribution in [0.5, 0.6) is 5.75 Å². The lowest BCUT2D eigenvalue weighted by molar-refractivity contribution is -0.138. The van der Waals surface area contributed by atoms with Crippen molar-refractivity contribution in [3.63, 3.8) is 0 Å². The molecule has 2 aliphatic heterocycles. The lowest BCUT2D eigenvalue weighted by Crippen LogP contribution is -2.53. The molecule has 2 saturated heterocycles. The molecular weight excluding hydrogens is 580 g/mol. The first-order valence-corrected chi connectivity index (χ1v) is 14.2. The molecule has 2 heterocycles. The molecule has 43 heavy (non-hydrogen) atoms. The van der Waals surface area contributed by atoms with Gasteiger partial charge < -0.3 is 5.11 Å². The van der Waals surface area contributed by atoms with Crippen molar-refractivity contribution in [2.45, 2.75) is 24.2 Å². The molecule has 218 valence electrons. The molecule has 7 rings (SSSR count). The van der Waals surface area contributed by atoms with Crippen LogP contribution in [-0.4, -0.2) is 33.7 Å². The molecule has 4 aliphatic rings. The summed E-state index contributed by atoms with van der Waals surface area (Å²) in [5.41, 5.74) is 2.93. The molecule has 3 aromatic rings. The maximum atomic E-state index is 15.0. The maximum Gasteiger partial charge on any atom is 0.260 e. The highest BCUT2D eigenvalue weighted by Gasteiger charge is 2.70. The molecule has 0 radical (unpaired) electrons. The number of benzene rings is 3. The first-order valence-electron chi connectivity index (χ1n) is 13.8. The van der Waals surface area contributed by atoms with E-state index in [0.29, 0.717) is 21.7 Å². The summed E-state index contributed by atoms with van der Waals surface area (Å²) in [6.45, 7) is 0. The van der Waals surface area contributed by atoms with Gasteiger partial charge in [0.05, 0.1) is 28.9 Å². The molecule has 1 saturated carbocycles. The van der Waals surface area contributed by atoms with E-state index in [4.69, 9.17) is 11.6 Å². The summed E-state index contributed by atoms with van der Waals surface area (Å²) in [5, 5.41) is 13.7. The lowest BCUT2D eigenvalue weighted by Gasteiger charge is -2.50. The molecule has 6 atom stereocenters. The average Bonchev–Trinajstić information content (AvgIpc) is 3.40. The summed E-state index contributed by atoms with van der Waals surface area (Å²) >= 11 is 6.23. The third-order valence-corrected chi connectivity index (χ3v) is 9.66. The number of halogens is 3. The summed E-state index contributed by atoms with van der Waals surface area (Å²) in [6.07, 6.45) is 2.13. The number of hydrazine groups is 1. The highest BCUT2D eigenvalue weighted by Crippen LogP contribution is 2.63. The SMILES string of the molecule is O=C1NC(=O)C2C1CC=C1C2CC2C(=O)N(Nc3ccc(F)cc3)C(=O)C2(c2ccc(Cl)cc2)C1c1ccc(O)c(F)c1. The molecule has 3 fully saturated rings. The lowest BCUT2D eigenvalue weighted by atomic mass is 9.49. The minimum Gasteiger partial charge on any atom is -0.505 e. The zero-order valence-electron chi connectivity index (χ0n) is 22.4. The Morgan fingerprint density at radius 3 is 2.35 bits per heavy atom. The predicted molar refractivity (Wildman–Crippen MR) is 150 cm³/mol. The van der Waals surface area contributed by atoms with Gasteiger partial charge in [-0.15, -0.1) is 0 Å². The number of carbonyl (C=O) groups is 4. The van der Waals surface area contributed by atoms with Crippen LogP contribution in [0.3, 0.4) is 0 Å². The van der Waals surface area contributed by atoms with Crippen LogP contribution in [0.4, 0.5) is 14.5 Å². The van der Waals surface area contributed by atoms with E-state index in [1.165, 1.54) is 36.4 Å². The number of phenolic OH excluding ortho intramolecular Hbond substituents is 1. The van der Waals surface area contributed by atoms with Crippen molar-refractivity contribution in [3.8, 4) is 5.75 Å². The quantitative estimate of drug-likeness (QED) is 0.297. The van der Waals surface area contributed by atoms with Crippen LogP contribution in [0, 0.1) is 35.3 Å². The average molecular weight is 604 g/mol. The molecule has 6 unspecified atom stereocenters. The molecule has 8 nitrogen and oxygen atoms in total. The van der Waals surface area contributed by atoms with Gasteiger partial charge in [-0.05, 0) is 78.4 Å². The number of nitrogens with one attached hydrogen (secondary N) is 2. The second-order valence-electron chi connectivity index (χ2n) is 11.4. The molecule has 3 aromatic carbocycles. The van der Waals surface area contributed by atoms with Gasteiger partial charge in [-0.2, -0.15) is 5.01 Å². The number of phenols is 1. The summed E-state index contributed by atoms with van der Waals surface area (Å²) in [4.78, 5) is 54.9. The van der Waals surface area contributed by atoms with E-state index in [2.05, 4.69) is 10.7 Å². The predicted octanol–water partition coefficient (Wildman–Crippen LogP) is 4.60. The number of hydrogen-bond acceptors (Lipinski definition) is 6. The van der Waals surface area contributed by atoms with Crippen LogP contribution < -0.4 is 10.7 Å². The van der Waals surface area contributed by atoms with Crippen LogP contribution in [-0.2, 0) is 24.6 Å². The second kappa shape index (κ2) is 9.74. The Labute approximate surface area is 249 Å². The van der Waals surface area contributed by atoms with Gasteiger partial charge in [0.2, 0.25) is 11.8 Å². The van der Waals surface area contributed by atoms with Crippen molar-refractivity contribution in [1.82, 2.24) is 10.3 Å². The zero-order valence-corrected chi connectivity index (χ0v) is 23.1. The van der Waals surface area contributed by atoms with Crippen molar-refractivity contribution in [3.05, 3.63) is 106 Å². The molecule has 4 amide bonds. The van der Waals surface area contributed by atoms with Gasteiger partial charge in [0.1, 0.15) is 5.82 Å². The summed E-state index contributed by atoms with van der Waals surface area (Å²) in [5.74, 6) is -8.01. The van der Waals surface area contributed by atoms with Crippen LogP contribution in [0.2, 0.25) is 5.02 Å². The number of amides is 4. The second-order valence-corrected chi connectivity index (χ2v) is 11.9. The van der Waals surface area contributed by atoms with Gasteiger partial charge in [-0.1, -0.05) is 41.4 Å². The van der Waals surface area contributed by atoms with E-state index in [1.807, 2.05) is 6.08 Å². The van der Waals surface area contributed by atoms with E-state index in [1.54, 1.807) is 24.3 Å². The topological polar surface area (TPSA) is 116 Å². The highest BCUT2D eigenvalue weighted by molar-refractivity contribution is 6.30. The van der Waals surface area contributed by atoms with Gasteiger partial charge >= 0.3 is 0 Å². The fourth-order valence-electron chi connectivity index (χ4n) is 7.64. The number of carbonyl (C=O) groups excluding carboxylic acids is 4. The van der Waals surface area contributed by atoms with Gasteiger partial charge in [-0.3, -0.25) is 29.9 Å². The van der Waals surface area contributed by atoms with Crippen LogP contribution in [0.1, 0.15) is 29.9 Å². The van der Waals surface area contributed by atoms with E-state index >= 15 is 0 Å². The van der Waals surface area contributed by atoms with Crippen molar-refractivity contribution in [1.29, 1.82) is 0 Å². The molecule has 3 N–H and O–H groups in total. The number of imide groups is 2.